The van der Waals surface area contributed by atoms with Crippen LogP contribution in [0.15, 0.2) is 12.3 Å². The van der Waals surface area contributed by atoms with Crippen molar-refractivity contribution in [2.75, 3.05) is 20.6 Å². The molecule has 0 bridgehead atoms. The number of pyridine rings is 1. The number of nitrogens with zero attached hydrogens (tertiary/aromatic N) is 4. The molecule has 1 fully saturated rings. The number of ketones is 1. The average Bonchev–Trinajstić information content (AvgIpc) is 3.26. The predicted molar refractivity (Wildman–Crippen MR) is 87.3 cm³/mol. The average molecular weight is 300 g/mol. The smallest absolute Gasteiger partial charge is 0.163 e. The van der Waals surface area contributed by atoms with Crippen molar-refractivity contribution in [2.45, 2.75) is 45.1 Å². The van der Waals surface area contributed by atoms with Crippen molar-refractivity contribution in [3.63, 3.8) is 0 Å². The molecule has 0 radical (unpaired) electrons. The minimum Gasteiger partial charge on any atom is -0.309 e. The lowest BCUT2D eigenvalue weighted by atomic mass is 10.0. The van der Waals surface area contributed by atoms with Gasteiger partial charge in [0.25, 0.3) is 0 Å². The summed E-state index contributed by atoms with van der Waals surface area (Å²) in [5, 5.41) is 5.28. The van der Waals surface area contributed by atoms with E-state index >= 15 is 0 Å². The van der Waals surface area contributed by atoms with E-state index in [-0.39, 0.29) is 5.78 Å². The molecule has 0 unspecified atom stereocenters. The Balaban J connectivity index is 1.92. The number of carbonyl (C=O) groups is 1. The third kappa shape index (κ3) is 3.04. The van der Waals surface area contributed by atoms with Gasteiger partial charge in [-0.2, -0.15) is 5.10 Å². The summed E-state index contributed by atoms with van der Waals surface area (Å²) in [7, 11) is 4.07. The Morgan fingerprint density at radius 3 is 2.82 bits per heavy atom. The maximum Gasteiger partial charge on any atom is 0.163 e. The lowest BCUT2D eigenvalue weighted by molar-refractivity contribution is 0.0979. The molecule has 0 spiro atoms. The van der Waals surface area contributed by atoms with E-state index in [1.807, 2.05) is 24.8 Å². The molecule has 0 amide bonds. The van der Waals surface area contributed by atoms with Gasteiger partial charge in [0.15, 0.2) is 11.4 Å². The third-order valence-corrected chi connectivity index (χ3v) is 4.23. The Kier molecular flexibility index (Phi) is 4.25. The second-order valence-electron chi connectivity index (χ2n) is 6.40. The van der Waals surface area contributed by atoms with E-state index in [1.54, 1.807) is 6.20 Å². The lowest BCUT2D eigenvalue weighted by Gasteiger charge is -2.10. The zero-order valence-electron chi connectivity index (χ0n) is 13.7. The number of hydrogen-bond acceptors (Lipinski definition) is 4. The van der Waals surface area contributed by atoms with Gasteiger partial charge >= 0.3 is 0 Å². The van der Waals surface area contributed by atoms with Gasteiger partial charge in [0, 0.05) is 35.5 Å². The summed E-state index contributed by atoms with van der Waals surface area (Å²) in [6.45, 7) is 3.76. The first-order valence-corrected chi connectivity index (χ1v) is 8.14. The maximum absolute atomic E-state index is 12.6. The summed E-state index contributed by atoms with van der Waals surface area (Å²) < 4.78 is 1.89. The molecule has 1 aliphatic rings. The highest BCUT2D eigenvalue weighted by Gasteiger charge is 2.27. The molecule has 0 aliphatic heterocycles. The molecule has 22 heavy (non-hydrogen) atoms. The fourth-order valence-corrected chi connectivity index (χ4v) is 2.81. The van der Waals surface area contributed by atoms with E-state index < -0.39 is 0 Å². The summed E-state index contributed by atoms with van der Waals surface area (Å²) in [6, 6.07) is 2.01. The van der Waals surface area contributed by atoms with Crippen LogP contribution in [0.25, 0.3) is 11.0 Å². The van der Waals surface area contributed by atoms with Gasteiger partial charge in [-0.05, 0) is 52.9 Å². The number of rotatable bonds is 7. The molecule has 1 saturated carbocycles. The molecule has 1 aliphatic carbocycles. The predicted octanol–water partition coefficient (Wildman–Crippen LogP) is 2.85. The quantitative estimate of drug-likeness (QED) is 0.738. The second kappa shape index (κ2) is 6.16. The summed E-state index contributed by atoms with van der Waals surface area (Å²) >= 11 is 0. The molecule has 5 nitrogen and oxygen atoms in total. The van der Waals surface area contributed by atoms with Gasteiger partial charge < -0.3 is 4.90 Å². The van der Waals surface area contributed by atoms with E-state index in [1.165, 1.54) is 12.8 Å². The molecule has 2 aromatic heterocycles. The van der Waals surface area contributed by atoms with Gasteiger partial charge in [-0.3, -0.25) is 4.79 Å². The minimum atomic E-state index is 0.215. The Hall–Kier alpha value is -1.75. The highest BCUT2D eigenvalue weighted by Crippen LogP contribution is 2.40. The molecular formula is C17H24N4O. The van der Waals surface area contributed by atoms with Crippen molar-refractivity contribution < 1.29 is 4.79 Å². The summed E-state index contributed by atoms with van der Waals surface area (Å²) in [6.07, 6.45) is 5.64. The number of aryl methyl sites for hydroxylation is 1. The van der Waals surface area contributed by atoms with Crippen LogP contribution in [0.2, 0.25) is 0 Å². The topological polar surface area (TPSA) is 51.0 Å². The van der Waals surface area contributed by atoms with Crippen molar-refractivity contribution in [1.82, 2.24) is 19.7 Å². The van der Waals surface area contributed by atoms with Crippen LogP contribution in [-0.4, -0.2) is 46.1 Å². The summed E-state index contributed by atoms with van der Waals surface area (Å²) in [4.78, 5) is 19.5. The van der Waals surface area contributed by atoms with Gasteiger partial charge in [-0.1, -0.05) is 0 Å². The number of fused-ring (bicyclic) bond motifs is 1. The molecular weight excluding hydrogens is 276 g/mol. The summed E-state index contributed by atoms with van der Waals surface area (Å²) in [5.74, 6) is 0.754. The van der Waals surface area contributed by atoms with Gasteiger partial charge in [0.05, 0.1) is 6.20 Å². The molecule has 3 rings (SSSR count). The molecule has 0 aromatic carbocycles. The van der Waals surface area contributed by atoms with Crippen LogP contribution in [0.1, 0.15) is 54.6 Å². The van der Waals surface area contributed by atoms with Crippen LogP contribution in [0, 0.1) is 0 Å². The first-order valence-electron chi connectivity index (χ1n) is 8.14. The Bertz CT molecular complexity index is 685. The highest BCUT2D eigenvalue weighted by atomic mass is 16.1. The largest absolute Gasteiger partial charge is 0.309 e. The molecule has 2 aromatic rings. The SMILES string of the molecule is CCn1ncc2c(C(=O)CCCN(C)C)cc(C3CC3)nc21. The summed E-state index contributed by atoms with van der Waals surface area (Å²) in [5.41, 5.74) is 2.74. The van der Waals surface area contributed by atoms with E-state index in [2.05, 4.69) is 16.9 Å². The first-order chi connectivity index (χ1) is 10.6. The fourth-order valence-electron chi connectivity index (χ4n) is 2.81. The zero-order chi connectivity index (χ0) is 15.7. The maximum atomic E-state index is 12.6. The van der Waals surface area contributed by atoms with Gasteiger partial charge in [-0.15, -0.1) is 0 Å². The van der Waals surface area contributed by atoms with Crippen molar-refractivity contribution in [1.29, 1.82) is 0 Å². The normalized spacial score (nSPS) is 14.9. The zero-order valence-corrected chi connectivity index (χ0v) is 13.7. The molecule has 118 valence electrons. The van der Waals surface area contributed by atoms with Crippen LogP contribution in [0.5, 0.6) is 0 Å². The molecule has 2 heterocycles. The molecule has 0 saturated heterocycles. The van der Waals surface area contributed by atoms with E-state index in [9.17, 15) is 4.79 Å². The third-order valence-electron chi connectivity index (χ3n) is 4.23. The van der Waals surface area contributed by atoms with Crippen LogP contribution < -0.4 is 0 Å². The minimum absolute atomic E-state index is 0.215. The number of hydrogen-bond donors (Lipinski definition) is 0. The van der Waals surface area contributed by atoms with Crippen molar-refractivity contribution in [3.8, 4) is 0 Å². The molecule has 5 heteroatoms. The second-order valence-corrected chi connectivity index (χ2v) is 6.40. The number of aromatic nitrogens is 3. The lowest BCUT2D eigenvalue weighted by Crippen LogP contribution is -2.14. The van der Waals surface area contributed by atoms with Crippen LogP contribution >= 0.6 is 0 Å². The highest BCUT2D eigenvalue weighted by molar-refractivity contribution is 6.06. The Labute approximate surface area is 131 Å². The monoisotopic (exact) mass is 300 g/mol. The molecule has 0 atom stereocenters. The van der Waals surface area contributed by atoms with Crippen LogP contribution in [-0.2, 0) is 6.54 Å². The van der Waals surface area contributed by atoms with Crippen molar-refractivity contribution in [2.24, 2.45) is 0 Å². The van der Waals surface area contributed by atoms with Gasteiger partial charge in [0.1, 0.15) is 0 Å². The van der Waals surface area contributed by atoms with E-state index in [0.29, 0.717) is 12.3 Å². The van der Waals surface area contributed by atoms with Crippen molar-refractivity contribution in [3.05, 3.63) is 23.5 Å². The van der Waals surface area contributed by atoms with E-state index in [4.69, 9.17) is 4.98 Å². The number of Topliss-reactive ketones (excluding diaryl/α,β-unsaturated/α-hetero) is 1. The van der Waals surface area contributed by atoms with Gasteiger partial charge in [-0.25, -0.2) is 9.67 Å². The fraction of sp³-hybridized carbons (Fsp3) is 0.588. The standard InChI is InChI=1S/C17H24N4O/c1-4-21-17-14(11-18-21)13(10-15(19-17)12-7-8-12)16(22)6-5-9-20(2)3/h10-12H,4-9H2,1-3H3. The van der Waals surface area contributed by atoms with Crippen LogP contribution in [0.3, 0.4) is 0 Å². The number of carbonyl (C=O) groups excluding carboxylic acids is 1. The van der Waals surface area contributed by atoms with E-state index in [0.717, 1.165) is 41.8 Å². The van der Waals surface area contributed by atoms with Gasteiger partial charge in [0.2, 0.25) is 0 Å². The first kappa shape index (κ1) is 15.2. The molecule has 0 N–H and O–H groups in total. The van der Waals surface area contributed by atoms with Crippen molar-refractivity contribution >= 4 is 16.8 Å². The van der Waals surface area contributed by atoms with Crippen LogP contribution in [0.4, 0.5) is 0 Å². The Morgan fingerprint density at radius 1 is 1.41 bits per heavy atom. The Morgan fingerprint density at radius 2 is 2.18 bits per heavy atom.